The molecule has 2 amide bonds. The van der Waals surface area contributed by atoms with Gasteiger partial charge in [-0.2, -0.15) is 0 Å². The van der Waals surface area contributed by atoms with E-state index in [9.17, 15) is 14.4 Å². The van der Waals surface area contributed by atoms with Gasteiger partial charge >= 0.3 is 5.97 Å². The first-order valence-electron chi connectivity index (χ1n) is 8.25. The van der Waals surface area contributed by atoms with E-state index in [1.165, 1.54) is 11.8 Å². The molecule has 1 atom stereocenters. The summed E-state index contributed by atoms with van der Waals surface area (Å²) >= 11 is 0. The predicted octanol–water partition coefficient (Wildman–Crippen LogP) is 2.32. The highest BCUT2D eigenvalue weighted by Crippen LogP contribution is 2.13. The molecule has 0 unspecified atom stereocenters. The first-order chi connectivity index (χ1) is 12.4. The summed E-state index contributed by atoms with van der Waals surface area (Å²) in [5.41, 5.74) is 2.11. The van der Waals surface area contributed by atoms with Crippen LogP contribution < -0.4 is 10.2 Å². The van der Waals surface area contributed by atoms with Crippen molar-refractivity contribution in [2.24, 2.45) is 0 Å². The molecule has 136 valence electrons. The number of esters is 1. The summed E-state index contributed by atoms with van der Waals surface area (Å²) in [7, 11) is 1.61. The lowest BCUT2D eigenvalue weighted by Crippen LogP contribution is -2.39. The van der Waals surface area contributed by atoms with Crippen LogP contribution in [0.25, 0.3) is 0 Å². The Morgan fingerprint density at radius 3 is 2.42 bits per heavy atom. The predicted molar refractivity (Wildman–Crippen MR) is 98.9 cm³/mol. The molecular formula is C20H22N2O4. The first-order valence-corrected chi connectivity index (χ1v) is 8.25. The van der Waals surface area contributed by atoms with Crippen LogP contribution in [0.3, 0.4) is 0 Å². The van der Waals surface area contributed by atoms with Crippen LogP contribution >= 0.6 is 0 Å². The van der Waals surface area contributed by atoms with E-state index in [1.54, 1.807) is 37.4 Å². The third-order valence-electron chi connectivity index (χ3n) is 3.80. The minimum absolute atomic E-state index is 0.306. The van der Waals surface area contributed by atoms with E-state index in [4.69, 9.17) is 4.74 Å². The zero-order valence-corrected chi connectivity index (χ0v) is 15.1. The van der Waals surface area contributed by atoms with Gasteiger partial charge in [0.2, 0.25) is 0 Å². The molecule has 6 nitrogen and oxygen atoms in total. The second-order valence-electron chi connectivity index (χ2n) is 5.92. The molecule has 0 spiro atoms. The van der Waals surface area contributed by atoms with Gasteiger partial charge < -0.3 is 15.0 Å². The molecule has 0 saturated heterocycles. The Morgan fingerprint density at radius 1 is 1.08 bits per heavy atom. The molecule has 0 fully saturated rings. The standard InChI is InChI=1S/C20H22N2O4/c1-14-8-7-9-16(12-14)19(24)21-13-18(23)26-15(2)20(25)22(3)17-10-5-4-6-11-17/h4-12,15H,13H2,1-3H3,(H,21,24)/t15-/m0/s1. The van der Waals surface area contributed by atoms with Crippen LogP contribution in [0.15, 0.2) is 54.6 Å². The number of hydrogen-bond donors (Lipinski definition) is 1. The van der Waals surface area contributed by atoms with Gasteiger partial charge in [0.15, 0.2) is 6.10 Å². The second-order valence-corrected chi connectivity index (χ2v) is 5.92. The third kappa shape index (κ3) is 5.17. The zero-order valence-electron chi connectivity index (χ0n) is 15.1. The van der Waals surface area contributed by atoms with Gasteiger partial charge in [-0.25, -0.2) is 0 Å². The van der Waals surface area contributed by atoms with Gasteiger partial charge in [0, 0.05) is 18.3 Å². The van der Waals surface area contributed by atoms with E-state index in [-0.39, 0.29) is 18.4 Å². The smallest absolute Gasteiger partial charge is 0.326 e. The van der Waals surface area contributed by atoms with E-state index in [0.717, 1.165) is 5.56 Å². The number of carbonyl (C=O) groups is 3. The lowest BCUT2D eigenvalue weighted by atomic mass is 10.1. The van der Waals surface area contributed by atoms with Crippen LogP contribution in [0.2, 0.25) is 0 Å². The van der Waals surface area contributed by atoms with Gasteiger partial charge in [0.25, 0.3) is 11.8 Å². The normalized spacial score (nSPS) is 11.3. The minimum Gasteiger partial charge on any atom is -0.451 e. The van der Waals surface area contributed by atoms with E-state index in [1.807, 2.05) is 31.2 Å². The van der Waals surface area contributed by atoms with E-state index in [2.05, 4.69) is 5.32 Å². The first kappa shape index (κ1) is 19.2. The maximum absolute atomic E-state index is 12.3. The number of aryl methyl sites for hydroxylation is 1. The topological polar surface area (TPSA) is 75.7 Å². The number of rotatable bonds is 6. The zero-order chi connectivity index (χ0) is 19.1. The Kier molecular flexibility index (Phi) is 6.49. The van der Waals surface area contributed by atoms with Gasteiger partial charge in [-0.15, -0.1) is 0 Å². The Morgan fingerprint density at radius 2 is 1.77 bits per heavy atom. The summed E-state index contributed by atoms with van der Waals surface area (Å²) < 4.78 is 5.12. The van der Waals surface area contributed by atoms with Crippen molar-refractivity contribution in [3.05, 3.63) is 65.7 Å². The number of anilines is 1. The molecule has 0 aliphatic heterocycles. The molecule has 2 rings (SSSR count). The highest BCUT2D eigenvalue weighted by atomic mass is 16.5. The van der Waals surface area contributed by atoms with Crippen LogP contribution in [0.1, 0.15) is 22.8 Å². The second kappa shape index (κ2) is 8.80. The number of nitrogens with one attached hydrogen (secondary N) is 1. The van der Waals surface area contributed by atoms with Crippen LogP contribution in [-0.2, 0) is 14.3 Å². The number of benzene rings is 2. The number of ether oxygens (including phenoxy) is 1. The average Bonchev–Trinajstić information content (AvgIpc) is 2.65. The van der Waals surface area contributed by atoms with Crippen molar-refractivity contribution in [3.8, 4) is 0 Å². The van der Waals surface area contributed by atoms with E-state index >= 15 is 0 Å². The van der Waals surface area contributed by atoms with E-state index < -0.39 is 12.1 Å². The fraction of sp³-hybridized carbons (Fsp3) is 0.250. The Bertz CT molecular complexity index is 789. The van der Waals surface area contributed by atoms with Crippen molar-refractivity contribution in [2.75, 3.05) is 18.5 Å². The summed E-state index contributed by atoms with van der Waals surface area (Å²) in [6, 6.07) is 16.1. The Balaban J connectivity index is 1.85. The molecule has 0 radical (unpaired) electrons. The molecule has 0 aliphatic rings. The number of amides is 2. The summed E-state index contributed by atoms with van der Waals surface area (Å²) in [6.07, 6.45) is -0.955. The summed E-state index contributed by atoms with van der Waals surface area (Å²) in [4.78, 5) is 37.7. The fourth-order valence-electron chi connectivity index (χ4n) is 2.38. The van der Waals surface area contributed by atoms with Crippen molar-refractivity contribution in [3.63, 3.8) is 0 Å². The summed E-state index contributed by atoms with van der Waals surface area (Å²) in [6.45, 7) is 3.07. The highest BCUT2D eigenvalue weighted by Gasteiger charge is 2.22. The number of hydrogen-bond acceptors (Lipinski definition) is 4. The molecule has 0 aromatic heterocycles. The monoisotopic (exact) mass is 354 g/mol. The quantitative estimate of drug-likeness (QED) is 0.808. The largest absolute Gasteiger partial charge is 0.451 e. The minimum atomic E-state index is -0.955. The molecule has 0 heterocycles. The van der Waals surface area contributed by atoms with Crippen LogP contribution in [-0.4, -0.2) is 37.5 Å². The van der Waals surface area contributed by atoms with Crippen LogP contribution in [0, 0.1) is 6.92 Å². The summed E-state index contributed by atoms with van der Waals surface area (Å²) in [5, 5.41) is 2.49. The molecule has 26 heavy (non-hydrogen) atoms. The number of likely N-dealkylation sites (N-methyl/N-ethyl adjacent to an activating group) is 1. The Hall–Kier alpha value is -3.15. The van der Waals surface area contributed by atoms with Gasteiger partial charge in [-0.3, -0.25) is 14.4 Å². The van der Waals surface area contributed by atoms with Crippen molar-refractivity contribution in [1.82, 2.24) is 5.32 Å². The number of carbonyl (C=O) groups excluding carboxylic acids is 3. The molecule has 0 saturated carbocycles. The van der Waals surface area contributed by atoms with E-state index in [0.29, 0.717) is 11.3 Å². The number of para-hydroxylation sites is 1. The Labute approximate surface area is 152 Å². The lowest BCUT2D eigenvalue weighted by molar-refractivity contribution is -0.152. The maximum atomic E-state index is 12.3. The van der Waals surface area contributed by atoms with Crippen molar-refractivity contribution in [2.45, 2.75) is 20.0 Å². The average molecular weight is 354 g/mol. The van der Waals surface area contributed by atoms with Gasteiger partial charge in [-0.05, 0) is 38.1 Å². The number of nitrogens with zero attached hydrogens (tertiary/aromatic N) is 1. The highest BCUT2D eigenvalue weighted by molar-refractivity contribution is 5.98. The van der Waals surface area contributed by atoms with Gasteiger partial charge in [-0.1, -0.05) is 35.9 Å². The molecule has 2 aromatic carbocycles. The SMILES string of the molecule is Cc1cccc(C(=O)NCC(=O)O[C@@H](C)C(=O)N(C)c2ccccc2)c1. The molecule has 0 bridgehead atoms. The third-order valence-corrected chi connectivity index (χ3v) is 3.80. The maximum Gasteiger partial charge on any atom is 0.326 e. The van der Waals surface area contributed by atoms with Crippen LogP contribution in [0.4, 0.5) is 5.69 Å². The molecule has 2 aromatic rings. The molecule has 1 N–H and O–H groups in total. The van der Waals surface area contributed by atoms with Crippen molar-refractivity contribution < 1.29 is 19.1 Å². The van der Waals surface area contributed by atoms with Crippen LogP contribution in [0.5, 0.6) is 0 Å². The van der Waals surface area contributed by atoms with Gasteiger partial charge in [0.1, 0.15) is 6.54 Å². The summed E-state index contributed by atoms with van der Waals surface area (Å²) in [5.74, 6) is -1.39. The fourth-order valence-corrected chi connectivity index (χ4v) is 2.38. The van der Waals surface area contributed by atoms with Gasteiger partial charge in [0.05, 0.1) is 0 Å². The molecule has 0 aliphatic carbocycles. The van der Waals surface area contributed by atoms with Crippen molar-refractivity contribution in [1.29, 1.82) is 0 Å². The molecule has 6 heteroatoms. The van der Waals surface area contributed by atoms with Crippen molar-refractivity contribution >= 4 is 23.5 Å². The molecular weight excluding hydrogens is 332 g/mol. The lowest BCUT2D eigenvalue weighted by Gasteiger charge is -2.21.